The molecule has 0 bridgehead atoms. The van der Waals surface area contributed by atoms with Gasteiger partial charge in [-0.15, -0.1) is 0 Å². The smallest absolute Gasteiger partial charge is 0.181 e. The van der Waals surface area contributed by atoms with Gasteiger partial charge in [0.2, 0.25) is 0 Å². The van der Waals surface area contributed by atoms with Crippen LogP contribution in [0.3, 0.4) is 0 Å². The van der Waals surface area contributed by atoms with Crippen LogP contribution in [0.4, 0.5) is 0 Å². The fraction of sp³-hybridized carbons (Fsp3) is 0.250. The fourth-order valence-corrected chi connectivity index (χ4v) is 1.58. The zero-order valence-corrected chi connectivity index (χ0v) is 8.95. The maximum absolute atomic E-state index is 5.41. The molecule has 15 heavy (non-hydrogen) atoms. The standard InChI is InChI=1S/C12H14N2O/c1-9-4-3-5-10(6-9)12-11(7-13-2)14-8-15-12/h3-6,8,13H,7H2,1-2H3. The third kappa shape index (κ3) is 2.07. The van der Waals surface area contributed by atoms with Crippen LogP contribution < -0.4 is 5.32 Å². The van der Waals surface area contributed by atoms with Crippen LogP contribution in [0.25, 0.3) is 11.3 Å². The molecule has 1 heterocycles. The zero-order chi connectivity index (χ0) is 10.7. The highest BCUT2D eigenvalue weighted by molar-refractivity contribution is 5.60. The van der Waals surface area contributed by atoms with Crippen molar-refractivity contribution in [1.29, 1.82) is 0 Å². The maximum Gasteiger partial charge on any atom is 0.181 e. The summed E-state index contributed by atoms with van der Waals surface area (Å²) in [4.78, 5) is 4.18. The van der Waals surface area contributed by atoms with Gasteiger partial charge in [-0.3, -0.25) is 0 Å². The highest BCUT2D eigenvalue weighted by Gasteiger charge is 2.09. The van der Waals surface area contributed by atoms with Gasteiger partial charge in [-0.25, -0.2) is 4.98 Å². The summed E-state index contributed by atoms with van der Waals surface area (Å²) < 4.78 is 5.41. The first kappa shape index (κ1) is 9.93. The minimum atomic E-state index is 0.722. The summed E-state index contributed by atoms with van der Waals surface area (Å²) in [6.45, 7) is 2.79. The van der Waals surface area contributed by atoms with Gasteiger partial charge in [0.25, 0.3) is 0 Å². The number of nitrogens with zero attached hydrogens (tertiary/aromatic N) is 1. The van der Waals surface area contributed by atoms with E-state index >= 15 is 0 Å². The Labute approximate surface area is 89.1 Å². The summed E-state index contributed by atoms with van der Waals surface area (Å²) in [6.07, 6.45) is 1.49. The van der Waals surface area contributed by atoms with Crippen molar-refractivity contribution in [2.45, 2.75) is 13.5 Å². The molecule has 0 saturated carbocycles. The Morgan fingerprint density at radius 2 is 2.27 bits per heavy atom. The first-order chi connectivity index (χ1) is 7.31. The quantitative estimate of drug-likeness (QED) is 0.830. The predicted molar refractivity (Wildman–Crippen MR) is 59.4 cm³/mol. The van der Waals surface area contributed by atoms with Gasteiger partial charge in [-0.05, 0) is 20.0 Å². The molecule has 1 aromatic heterocycles. The fourth-order valence-electron chi connectivity index (χ4n) is 1.58. The number of aryl methyl sites for hydroxylation is 1. The molecule has 3 heteroatoms. The lowest BCUT2D eigenvalue weighted by atomic mass is 10.1. The molecule has 0 atom stereocenters. The number of aromatic nitrogens is 1. The minimum Gasteiger partial charge on any atom is -0.443 e. The van der Waals surface area contributed by atoms with Crippen LogP contribution in [0.1, 0.15) is 11.3 Å². The summed E-state index contributed by atoms with van der Waals surface area (Å²) in [7, 11) is 1.90. The molecule has 3 nitrogen and oxygen atoms in total. The lowest BCUT2D eigenvalue weighted by Crippen LogP contribution is -2.06. The summed E-state index contributed by atoms with van der Waals surface area (Å²) in [5.74, 6) is 0.855. The second-order valence-electron chi connectivity index (χ2n) is 3.53. The van der Waals surface area contributed by atoms with Crippen LogP contribution >= 0.6 is 0 Å². The normalized spacial score (nSPS) is 10.5. The van der Waals surface area contributed by atoms with Gasteiger partial charge >= 0.3 is 0 Å². The Hall–Kier alpha value is -1.61. The zero-order valence-electron chi connectivity index (χ0n) is 8.95. The largest absolute Gasteiger partial charge is 0.443 e. The molecule has 1 aromatic carbocycles. The molecule has 78 valence electrons. The Bertz CT molecular complexity index is 448. The number of rotatable bonds is 3. The van der Waals surface area contributed by atoms with E-state index in [1.54, 1.807) is 0 Å². The highest BCUT2D eigenvalue weighted by Crippen LogP contribution is 2.23. The summed E-state index contributed by atoms with van der Waals surface area (Å²) in [5.41, 5.74) is 3.25. The van der Waals surface area contributed by atoms with Crippen LogP contribution in [0.2, 0.25) is 0 Å². The molecule has 0 unspecified atom stereocenters. The van der Waals surface area contributed by atoms with Crippen LogP contribution in [0.5, 0.6) is 0 Å². The topological polar surface area (TPSA) is 38.1 Å². The second-order valence-corrected chi connectivity index (χ2v) is 3.53. The van der Waals surface area contributed by atoms with Crippen LogP contribution in [-0.2, 0) is 6.54 Å². The van der Waals surface area contributed by atoms with Gasteiger partial charge in [0.1, 0.15) is 5.69 Å². The van der Waals surface area contributed by atoms with E-state index in [0.29, 0.717) is 0 Å². The van der Waals surface area contributed by atoms with Crippen molar-refractivity contribution < 1.29 is 4.42 Å². The number of benzene rings is 1. The SMILES string of the molecule is CNCc1ncoc1-c1cccc(C)c1. The molecule has 0 aliphatic heterocycles. The average molecular weight is 202 g/mol. The molecule has 0 aliphatic rings. The van der Waals surface area contributed by atoms with E-state index in [2.05, 4.69) is 29.4 Å². The Kier molecular flexibility index (Phi) is 2.83. The molecule has 0 amide bonds. The van der Waals surface area contributed by atoms with Gasteiger partial charge in [0.05, 0.1) is 0 Å². The van der Waals surface area contributed by atoms with Gasteiger partial charge in [-0.1, -0.05) is 23.8 Å². The van der Waals surface area contributed by atoms with Crippen molar-refractivity contribution in [1.82, 2.24) is 10.3 Å². The van der Waals surface area contributed by atoms with E-state index in [0.717, 1.165) is 23.6 Å². The molecular formula is C12H14N2O. The molecule has 0 saturated heterocycles. The Balaban J connectivity index is 2.40. The predicted octanol–water partition coefficient (Wildman–Crippen LogP) is 2.37. The third-order valence-corrected chi connectivity index (χ3v) is 2.27. The molecule has 0 spiro atoms. The molecule has 2 rings (SSSR count). The first-order valence-corrected chi connectivity index (χ1v) is 4.95. The van der Waals surface area contributed by atoms with Gasteiger partial charge in [0, 0.05) is 12.1 Å². The second kappa shape index (κ2) is 4.28. The van der Waals surface area contributed by atoms with E-state index in [1.807, 2.05) is 19.2 Å². The van der Waals surface area contributed by atoms with Crippen LogP contribution in [0, 0.1) is 6.92 Å². The van der Waals surface area contributed by atoms with Crippen molar-refractivity contribution in [2.75, 3.05) is 7.05 Å². The van der Waals surface area contributed by atoms with E-state index in [-0.39, 0.29) is 0 Å². The van der Waals surface area contributed by atoms with Crippen molar-refractivity contribution in [3.05, 3.63) is 41.9 Å². The number of hydrogen-bond donors (Lipinski definition) is 1. The van der Waals surface area contributed by atoms with Crippen molar-refractivity contribution in [3.63, 3.8) is 0 Å². The minimum absolute atomic E-state index is 0.722. The van der Waals surface area contributed by atoms with Gasteiger partial charge in [0.15, 0.2) is 12.2 Å². The molecule has 0 fully saturated rings. The molecule has 2 aromatic rings. The Morgan fingerprint density at radius 3 is 3.00 bits per heavy atom. The van der Waals surface area contributed by atoms with E-state index in [1.165, 1.54) is 12.0 Å². The highest BCUT2D eigenvalue weighted by atomic mass is 16.3. The van der Waals surface area contributed by atoms with Gasteiger partial charge in [-0.2, -0.15) is 0 Å². The summed E-state index contributed by atoms with van der Waals surface area (Å²) >= 11 is 0. The van der Waals surface area contributed by atoms with Crippen LogP contribution in [-0.4, -0.2) is 12.0 Å². The summed E-state index contributed by atoms with van der Waals surface area (Å²) in [6, 6.07) is 8.22. The van der Waals surface area contributed by atoms with Crippen molar-refractivity contribution >= 4 is 0 Å². The number of oxazole rings is 1. The van der Waals surface area contributed by atoms with Crippen molar-refractivity contribution in [3.8, 4) is 11.3 Å². The van der Waals surface area contributed by atoms with E-state index < -0.39 is 0 Å². The van der Waals surface area contributed by atoms with Crippen molar-refractivity contribution in [2.24, 2.45) is 0 Å². The average Bonchev–Trinajstić information content (AvgIpc) is 2.66. The van der Waals surface area contributed by atoms with E-state index in [9.17, 15) is 0 Å². The molecule has 1 N–H and O–H groups in total. The Morgan fingerprint density at radius 1 is 1.40 bits per heavy atom. The van der Waals surface area contributed by atoms with Crippen LogP contribution in [0.15, 0.2) is 35.1 Å². The maximum atomic E-state index is 5.41. The molecular weight excluding hydrogens is 188 g/mol. The molecule has 0 aliphatic carbocycles. The lowest BCUT2D eigenvalue weighted by molar-refractivity contribution is 0.570. The number of nitrogens with one attached hydrogen (secondary N) is 1. The van der Waals surface area contributed by atoms with Gasteiger partial charge < -0.3 is 9.73 Å². The molecule has 0 radical (unpaired) electrons. The summed E-state index contributed by atoms with van der Waals surface area (Å²) in [5, 5.41) is 3.07. The number of hydrogen-bond acceptors (Lipinski definition) is 3. The lowest BCUT2D eigenvalue weighted by Gasteiger charge is -2.01. The first-order valence-electron chi connectivity index (χ1n) is 4.95. The monoisotopic (exact) mass is 202 g/mol. The van der Waals surface area contributed by atoms with E-state index in [4.69, 9.17) is 4.42 Å². The third-order valence-electron chi connectivity index (χ3n) is 2.27.